The van der Waals surface area contributed by atoms with Gasteiger partial charge in [0.05, 0.1) is 5.69 Å². The molecule has 2 N–H and O–H groups in total. The van der Waals surface area contributed by atoms with Crippen LogP contribution in [0.4, 0.5) is 0 Å². The SMILES string of the molecule is CC(CNC(=O)c1sccc1-n1cccc1)CC(=O)O. The molecule has 2 rings (SSSR count). The third-order valence-electron chi connectivity index (χ3n) is 2.87. The van der Waals surface area contributed by atoms with Gasteiger partial charge in [-0.1, -0.05) is 6.92 Å². The Kier molecular flexibility index (Phi) is 4.57. The summed E-state index contributed by atoms with van der Waals surface area (Å²) < 4.78 is 1.88. The third-order valence-corrected chi connectivity index (χ3v) is 3.77. The van der Waals surface area contributed by atoms with E-state index in [2.05, 4.69) is 5.32 Å². The Morgan fingerprint density at radius 1 is 1.40 bits per heavy atom. The molecule has 0 bridgehead atoms. The van der Waals surface area contributed by atoms with E-state index in [1.165, 1.54) is 11.3 Å². The number of carbonyl (C=O) groups is 2. The maximum Gasteiger partial charge on any atom is 0.303 e. The fourth-order valence-corrected chi connectivity index (χ4v) is 2.69. The number of hydrogen-bond donors (Lipinski definition) is 2. The zero-order valence-electron chi connectivity index (χ0n) is 11.1. The molecule has 20 heavy (non-hydrogen) atoms. The highest BCUT2D eigenvalue weighted by molar-refractivity contribution is 7.12. The Labute approximate surface area is 120 Å². The minimum Gasteiger partial charge on any atom is -0.481 e. The lowest BCUT2D eigenvalue weighted by Gasteiger charge is -2.11. The molecule has 0 aliphatic carbocycles. The Bertz CT molecular complexity index is 589. The molecule has 106 valence electrons. The molecule has 0 aliphatic heterocycles. The number of carbonyl (C=O) groups excluding carboxylic acids is 1. The highest BCUT2D eigenvalue weighted by Gasteiger charge is 2.15. The predicted octanol–water partition coefficient (Wildman–Crippen LogP) is 2.38. The first-order valence-electron chi connectivity index (χ1n) is 6.28. The largest absolute Gasteiger partial charge is 0.481 e. The lowest BCUT2D eigenvalue weighted by atomic mass is 10.1. The van der Waals surface area contributed by atoms with Gasteiger partial charge in [-0.15, -0.1) is 11.3 Å². The Hall–Kier alpha value is -2.08. The summed E-state index contributed by atoms with van der Waals surface area (Å²) in [5, 5.41) is 13.3. The van der Waals surface area contributed by atoms with Crippen LogP contribution in [-0.2, 0) is 4.79 Å². The molecule has 6 heteroatoms. The second-order valence-corrected chi connectivity index (χ2v) is 5.55. The number of carboxylic acids is 1. The summed E-state index contributed by atoms with van der Waals surface area (Å²) in [6.45, 7) is 2.16. The molecule has 5 nitrogen and oxygen atoms in total. The maximum absolute atomic E-state index is 12.2. The molecule has 0 saturated heterocycles. The van der Waals surface area contributed by atoms with Crippen LogP contribution >= 0.6 is 11.3 Å². The van der Waals surface area contributed by atoms with Gasteiger partial charge < -0.3 is 15.0 Å². The van der Waals surface area contributed by atoms with Crippen molar-refractivity contribution in [3.63, 3.8) is 0 Å². The normalized spacial score (nSPS) is 12.1. The first kappa shape index (κ1) is 14.3. The molecule has 1 amide bonds. The van der Waals surface area contributed by atoms with Crippen molar-refractivity contribution in [1.29, 1.82) is 0 Å². The topological polar surface area (TPSA) is 71.3 Å². The van der Waals surface area contributed by atoms with Gasteiger partial charge in [0.15, 0.2) is 0 Å². The minimum atomic E-state index is -0.851. The number of hydrogen-bond acceptors (Lipinski definition) is 3. The zero-order chi connectivity index (χ0) is 14.5. The van der Waals surface area contributed by atoms with Crippen LogP contribution in [0.5, 0.6) is 0 Å². The van der Waals surface area contributed by atoms with E-state index >= 15 is 0 Å². The molecular weight excluding hydrogens is 276 g/mol. The van der Waals surface area contributed by atoms with Crippen molar-refractivity contribution in [2.45, 2.75) is 13.3 Å². The van der Waals surface area contributed by atoms with Crippen molar-refractivity contribution in [1.82, 2.24) is 9.88 Å². The van der Waals surface area contributed by atoms with Gasteiger partial charge in [-0.3, -0.25) is 9.59 Å². The summed E-state index contributed by atoms with van der Waals surface area (Å²) in [6, 6.07) is 5.68. The van der Waals surface area contributed by atoms with Crippen molar-refractivity contribution in [2.24, 2.45) is 5.92 Å². The molecule has 0 aromatic carbocycles. The number of amides is 1. The molecule has 2 aromatic heterocycles. The molecule has 2 aromatic rings. The fraction of sp³-hybridized carbons (Fsp3) is 0.286. The van der Waals surface area contributed by atoms with E-state index in [0.717, 1.165) is 5.69 Å². The van der Waals surface area contributed by atoms with E-state index in [9.17, 15) is 9.59 Å². The quantitative estimate of drug-likeness (QED) is 0.858. The van der Waals surface area contributed by atoms with Crippen LogP contribution in [0.25, 0.3) is 5.69 Å². The van der Waals surface area contributed by atoms with Gasteiger partial charge in [0, 0.05) is 25.4 Å². The van der Waals surface area contributed by atoms with E-state index in [0.29, 0.717) is 11.4 Å². The van der Waals surface area contributed by atoms with Gasteiger partial charge >= 0.3 is 5.97 Å². The number of nitrogens with zero attached hydrogens (tertiary/aromatic N) is 1. The Morgan fingerprint density at radius 2 is 2.10 bits per heavy atom. The number of rotatable bonds is 6. The molecule has 0 aliphatic rings. The molecule has 1 unspecified atom stereocenters. The number of nitrogens with one attached hydrogen (secondary N) is 1. The van der Waals surface area contributed by atoms with Crippen molar-refractivity contribution in [3.05, 3.63) is 40.8 Å². The monoisotopic (exact) mass is 292 g/mol. The van der Waals surface area contributed by atoms with Crippen LogP contribution in [0, 0.1) is 5.92 Å². The van der Waals surface area contributed by atoms with Crippen LogP contribution < -0.4 is 5.32 Å². The molecule has 1 atom stereocenters. The molecule has 0 saturated carbocycles. The lowest BCUT2D eigenvalue weighted by molar-refractivity contribution is -0.137. The predicted molar refractivity (Wildman–Crippen MR) is 77.4 cm³/mol. The van der Waals surface area contributed by atoms with Gasteiger partial charge in [0.1, 0.15) is 4.88 Å². The standard InChI is InChI=1S/C14H16N2O3S/c1-10(8-12(17)18)9-15-14(19)13-11(4-7-20-13)16-5-2-3-6-16/h2-7,10H,8-9H2,1H3,(H,15,19)(H,17,18). The van der Waals surface area contributed by atoms with Crippen LogP contribution in [0.1, 0.15) is 23.0 Å². The van der Waals surface area contributed by atoms with Crippen molar-refractivity contribution in [2.75, 3.05) is 6.54 Å². The summed E-state index contributed by atoms with van der Waals surface area (Å²) in [5.41, 5.74) is 0.836. The summed E-state index contributed by atoms with van der Waals surface area (Å²) >= 11 is 1.37. The average molecular weight is 292 g/mol. The summed E-state index contributed by atoms with van der Waals surface area (Å²) in [5.74, 6) is -1.11. The van der Waals surface area contributed by atoms with E-state index in [1.807, 2.05) is 40.5 Å². The summed E-state index contributed by atoms with van der Waals surface area (Å²) in [4.78, 5) is 23.4. The van der Waals surface area contributed by atoms with Crippen LogP contribution in [0.3, 0.4) is 0 Å². The van der Waals surface area contributed by atoms with Gasteiger partial charge in [0.25, 0.3) is 5.91 Å². The van der Waals surface area contributed by atoms with Crippen LogP contribution in [-0.4, -0.2) is 28.1 Å². The Morgan fingerprint density at radius 3 is 2.75 bits per heavy atom. The smallest absolute Gasteiger partial charge is 0.303 e. The van der Waals surface area contributed by atoms with Gasteiger partial charge in [-0.2, -0.15) is 0 Å². The summed E-state index contributed by atoms with van der Waals surface area (Å²) in [7, 11) is 0. The van der Waals surface area contributed by atoms with Crippen molar-refractivity contribution in [3.8, 4) is 5.69 Å². The van der Waals surface area contributed by atoms with E-state index in [-0.39, 0.29) is 18.2 Å². The number of aromatic nitrogens is 1. The summed E-state index contributed by atoms with van der Waals surface area (Å²) in [6.07, 6.45) is 3.81. The van der Waals surface area contributed by atoms with Gasteiger partial charge in [-0.25, -0.2) is 0 Å². The van der Waals surface area contributed by atoms with Crippen LogP contribution in [0.2, 0.25) is 0 Å². The molecule has 0 radical (unpaired) electrons. The number of aliphatic carboxylic acids is 1. The van der Waals surface area contributed by atoms with E-state index in [1.54, 1.807) is 6.92 Å². The fourth-order valence-electron chi connectivity index (χ4n) is 1.89. The second-order valence-electron chi connectivity index (χ2n) is 4.64. The molecular formula is C14H16N2O3S. The molecule has 0 fully saturated rings. The van der Waals surface area contributed by atoms with Crippen molar-refractivity contribution >= 4 is 23.2 Å². The first-order chi connectivity index (χ1) is 9.58. The maximum atomic E-state index is 12.2. The minimum absolute atomic E-state index is 0.0508. The van der Waals surface area contributed by atoms with E-state index in [4.69, 9.17) is 5.11 Å². The Balaban J connectivity index is 2.00. The second kappa shape index (κ2) is 6.38. The average Bonchev–Trinajstić information content (AvgIpc) is 3.04. The van der Waals surface area contributed by atoms with Gasteiger partial charge in [0.2, 0.25) is 0 Å². The van der Waals surface area contributed by atoms with Crippen molar-refractivity contribution < 1.29 is 14.7 Å². The zero-order valence-corrected chi connectivity index (χ0v) is 11.9. The van der Waals surface area contributed by atoms with Gasteiger partial charge in [-0.05, 0) is 29.5 Å². The lowest BCUT2D eigenvalue weighted by Crippen LogP contribution is -2.29. The highest BCUT2D eigenvalue weighted by Crippen LogP contribution is 2.21. The number of carboxylic acid groups (broad SMARTS) is 1. The van der Waals surface area contributed by atoms with E-state index < -0.39 is 5.97 Å². The first-order valence-corrected chi connectivity index (χ1v) is 7.16. The third kappa shape index (κ3) is 3.48. The number of thiophene rings is 1. The molecule has 0 spiro atoms. The highest BCUT2D eigenvalue weighted by atomic mass is 32.1. The van der Waals surface area contributed by atoms with Crippen LogP contribution in [0.15, 0.2) is 36.0 Å². The molecule has 2 heterocycles.